The van der Waals surface area contributed by atoms with Crippen molar-refractivity contribution in [2.24, 2.45) is 0 Å². The van der Waals surface area contributed by atoms with Crippen molar-refractivity contribution in [3.05, 3.63) is 67.7 Å². The Hall–Kier alpha value is -3.06. The van der Waals surface area contributed by atoms with Gasteiger partial charge in [0, 0.05) is 12.3 Å². The summed E-state index contributed by atoms with van der Waals surface area (Å²) in [6.07, 6.45) is -1.31. The molecule has 14 heteroatoms. The van der Waals surface area contributed by atoms with Crippen LogP contribution in [-0.4, -0.2) is 69.5 Å². The number of rotatable bonds is 11. The van der Waals surface area contributed by atoms with E-state index in [1.807, 2.05) is 0 Å². The predicted octanol–water partition coefficient (Wildman–Crippen LogP) is 1.84. The highest BCUT2D eigenvalue weighted by molar-refractivity contribution is 7.52. The molecule has 0 aromatic heterocycles. The molecular formula is C24H31FN3O9P. The fraction of sp³-hybridized carbons (Fsp3) is 0.417. The van der Waals surface area contributed by atoms with Crippen LogP contribution in [0.4, 0.5) is 4.39 Å². The molecule has 1 aromatic rings. The summed E-state index contributed by atoms with van der Waals surface area (Å²) < 4.78 is 51.0. The van der Waals surface area contributed by atoms with Gasteiger partial charge in [0.15, 0.2) is 17.9 Å². The number of esters is 1. The number of carbonyl (C=O) groups is 2. The van der Waals surface area contributed by atoms with E-state index in [4.69, 9.17) is 18.5 Å². The van der Waals surface area contributed by atoms with Crippen molar-refractivity contribution in [1.82, 2.24) is 15.3 Å². The standard InChI is InChI=1S/C24H31FN3O9P/c1-6-23(32)21(31)24(25,36-22(23)28-13-12-19(29)26-17(28)5)14-34-38(33,37-18-10-8-7-9-11-18)27-16(4)20(30)35-15(2)3/h6-13,15-16,21-22,31-32H,1,5,14H2,2-4H3,(H,26,29)(H,27,33)/t16?,21-,22+,23+,24+,38?/m0/s1. The van der Waals surface area contributed by atoms with E-state index in [1.54, 1.807) is 32.0 Å². The molecule has 1 saturated heterocycles. The Morgan fingerprint density at radius 3 is 2.61 bits per heavy atom. The van der Waals surface area contributed by atoms with Crippen LogP contribution in [0.2, 0.25) is 0 Å². The number of carbonyl (C=O) groups excluding carboxylic acids is 2. The SMILES string of the molecule is C=C[C@]1(O)[C@H](N2C=CC(=O)NC2=C)O[C@](F)(COP(=O)(NC(C)C(=O)OC(C)C)Oc2ccccc2)[C@H]1O. The van der Waals surface area contributed by atoms with Gasteiger partial charge in [0.05, 0.1) is 6.10 Å². The minimum Gasteiger partial charge on any atom is -0.462 e. The molecule has 12 nitrogen and oxygen atoms in total. The molecule has 38 heavy (non-hydrogen) atoms. The van der Waals surface area contributed by atoms with E-state index < -0.39 is 62.2 Å². The van der Waals surface area contributed by atoms with E-state index in [2.05, 4.69) is 23.6 Å². The topological polar surface area (TPSA) is 156 Å². The number of halogens is 1. The minimum absolute atomic E-state index is 0.0690. The number of amides is 1. The molecule has 1 amide bonds. The van der Waals surface area contributed by atoms with Gasteiger partial charge in [0.25, 0.3) is 11.8 Å². The number of hydrogen-bond acceptors (Lipinski definition) is 10. The number of ether oxygens (including phenoxy) is 2. The Kier molecular flexibility index (Phi) is 8.82. The molecule has 0 aliphatic carbocycles. The van der Waals surface area contributed by atoms with Crippen LogP contribution in [0.3, 0.4) is 0 Å². The lowest BCUT2D eigenvalue weighted by Gasteiger charge is -2.37. The van der Waals surface area contributed by atoms with E-state index in [1.165, 1.54) is 25.3 Å². The van der Waals surface area contributed by atoms with Gasteiger partial charge in [-0.3, -0.25) is 14.1 Å². The Bertz CT molecular complexity index is 1150. The summed E-state index contributed by atoms with van der Waals surface area (Å²) >= 11 is 0. The third-order valence-electron chi connectivity index (χ3n) is 5.55. The van der Waals surface area contributed by atoms with Crippen molar-refractivity contribution >= 4 is 19.6 Å². The first-order chi connectivity index (χ1) is 17.7. The monoisotopic (exact) mass is 555 g/mol. The van der Waals surface area contributed by atoms with Gasteiger partial charge in [-0.25, -0.2) is 8.96 Å². The summed E-state index contributed by atoms with van der Waals surface area (Å²) in [5.41, 5.74) is -2.43. The van der Waals surface area contributed by atoms with Gasteiger partial charge in [-0.2, -0.15) is 5.09 Å². The molecule has 0 bridgehead atoms. The number of alkyl halides is 1. The number of hydrogen-bond donors (Lipinski definition) is 4. The third-order valence-corrected chi connectivity index (χ3v) is 7.18. The van der Waals surface area contributed by atoms with Gasteiger partial charge in [0.2, 0.25) is 0 Å². The number of benzene rings is 1. The molecule has 208 valence electrons. The van der Waals surface area contributed by atoms with Crippen LogP contribution in [0.25, 0.3) is 0 Å². The molecule has 3 rings (SSSR count). The van der Waals surface area contributed by atoms with E-state index in [-0.39, 0.29) is 11.6 Å². The molecule has 6 atom stereocenters. The van der Waals surface area contributed by atoms with Crippen LogP contribution in [0, 0.1) is 0 Å². The lowest BCUT2D eigenvalue weighted by Crippen LogP contribution is -2.55. The number of nitrogens with one attached hydrogen (secondary N) is 2. The summed E-state index contributed by atoms with van der Waals surface area (Å²) in [4.78, 5) is 25.0. The maximum absolute atomic E-state index is 16.1. The molecule has 0 spiro atoms. The van der Waals surface area contributed by atoms with Gasteiger partial charge in [-0.1, -0.05) is 37.4 Å². The van der Waals surface area contributed by atoms with Crippen LogP contribution in [0.1, 0.15) is 20.8 Å². The average Bonchev–Trinajstić information content (AvgIpc) is 3.05. The smallest absolute Gasteiger partial charge is 0.459 e. The maximum atomic E-state index is 16.1. The van der Waals surface area contributed by atoms with Crippen LogP contribution in [0.15, 0.2) is 67.7 Å². The first kappa shape index (κ1) is 29.5. The second kappa shape index (κ2) is 11.4. The lowest BCUT2D eigenvalue weighted by molar-refractivity contribution is -0.206. The lowest BCUT2D eigenvalue weighted by atomic mass is 9.92. The van der Waals surface area contributed by atoms with E-state index in [0.717, 1.165) is 17.1 Å². The minimum atomic E-state index is -4.53. The van der Waals surface area contributed by atoms with Gasteiger partial charge < -0.3 is 34.4 Å². The molecule has 0 radical (unpaired) electrons. The molecule has 2 unspecified atom stereocenters. The second-order valence-corrected chi connectivity index (χ2v) is 10.6. The highest BCUT2D eigenvalue weighted by atomic mass is 31.2. The van der Waals surface area contributed by atoms with E-state index in [0.29, 0.717) is 0 Å². The zero-order chi connectivity index (χ0) is 28.3. The van der Waals surface area contributed by atoms with Gasteiger partial charge in [-0.15, -0.1) is 0 Å². The number of para-hydroxylation sites is 1. The van der Waals surface area contributed by atoms with Crippen molar-refractivity contribution in [2.45, 2.75) is 56.7 Å². The van der Waals surface area contributed by atoms with Crippen molar-refractivity contribution in [3.8, 4) is 5.75 Å². The fourth-order valence-corrected chi connectivity index (χ4v) is 5.15. The number of nitrogens with zero attached hydrogens (tertiary/aromatic N) is 1. The highest BCUT2D eigenvalue weighted by Crippen LogP contribution is 2.49. The van der Waals surface area contributed by atoms with Gasteiger partial charge in [0.1, 0.15) is 24.2 Å². The van der Waals surface area contributed by atoms with Crippen molar-refractivity contribution < 1.29 is 47.3 Å². The number of aliphatic hydroxyl groups excluding tert-OH is 1. The summed E-state index contributed by atoms with van der Waals surface area (Å²) in [6, 6.07) is 6.55. The van der Waals surface area contributed by atoms with Crippen LogP contribution < -0.4 is 14.9 Å². The zero-order valence-electron chi connectivity index (χ0n) is 21.1. The summed E-state index contributed by atoms with van der Waals surface area (Å²) in [6.45, 7) is 10.5. The first-order valence-electron chi connectivity index (χ1n) is 11.6. The van der Waals surface area contributed by atoms with Gasteiger partial charge >= 0.3 is 13.7 Å². The summed E-state index contributed by atoms with van der Waals surface area (Å²) in [5.74, 6) is -4.46. The Labute approximate surface area is 219 Å². The maximum Gasteiger partial charge on any atom is 0.459 e. The van der Waals surface area contributed by atoms with E-state index in [9.17, 15) is 24.4 Å². The Morgan fingerprint density at radius 2 is 2.03 bits per heavy atom. The van der Waals surface area contributed by atoms with Crippen molar-refractivity contribution in [3.63, 3.8) is 0 Å². The Morgan fingerprint density at radius 1 is 1.37 bits per heavy atom. The molecular weight excluding hydrogens is 524 g/mol. The van der Waals surface area contributed by atoms with Crippen molar-refractivity contribution in [2.75, 3.05) is 6.61 Å². The fourth-order valence-electron chi connectivity index (χ4n) is 3.64. The highest BCUT2D eigenvalue weighted by Gasteiger charge is 2.65. The van der Waals surface area contributed by atoms with Crippen LogP contribution in [-0.2, 0) is 28.2 Å². The van der Waals surface area contributed by atoms with E-state index >= 15 is 4.39 Å². The molecule has 4 N–H and O–H groups in total. The normalized spacial score (nSPS) is 29.5. The first-order valence-corrected chi connectivity index (χ1v) is 13.1. The Balaban J connectivity index is 1.86. The molecule has 2 aliphatic heterocycles. The molecule has 2 heterocycles. The quantitative estimate of drug-likeness (QED) is 0.180. The zero-order valence-corrected chi connectivity index (χ0v) is 22.0. The summed E-state index contributed by atoms with van der Waals surface area (Å²) in [7, 11) is -4.53. The summed E-state index contributed by atoms with van der Waals surface area (Å²) in [5, 5.41) is 26.6. The predicted molar refractivity (Wildman–Crippen MR) is 133 cm³/mol. The molecule has 1 fully saturated rings. The van der Waals surface area contributed by atoms with Gasteiger partial charge in [-0.05, 0) is 32.9 Å². The molecule has 2 aliphatic rings. The van der Waals surface area contributed by atoms with Crippen molar-refractivity contribution in [1.29, 1.82) is 0 Å². The third kappa shape index (κ3) is 6.32. The molecule has 1 aromatic carbocycles. The average molecular weight is 555 g/mol. The van der Waals surface area contributed by atoms with Crippen LogP contribution in [0.5, 0.6) is 5.75 Å². The largest absolute Gasteiger partial charge is 0.462 e. The second-order valence-electron chi connectivity index (χ2n) is 8.92. The number of aliphatic hydroxyl groups is 2. The van der Waals surface area contributed by atoms with Crippen LogP contribution >= 0.6 is 7.75 Å². The molecule has 0 saturated carbocycles.